The van der Waals surface area contributed by atoms with Crippen LogP contribution in [-0.2, 0) is 11.3 Å². The molecule has 1 saturated carbocycles. The number of nitrogens with zero attached hydrogens (tertiary/aromatic N) is 4. The van der Waals surface area contributed by atoms with Gasteiger partial charge in [0.15, 0.2) is 5.82 Å². The van der Waals surface area contributed by atoms with Crippen LogP contribution in [0, 0.1) is 29.6 Å². The SMILES string of the molecule is Cc1cc(-c2ncc(CNC(=O)C3(C#N)CC3)c(N3CCC(CN)C3)n2)ccc1Cl. The van der Waals surface area contributed by atoms with E-state index in [4.69, 9.17) is 22.3 Å². The number of hydrogen-bond donors (Lipinski definition) is 2. The van der Waals surface area contributed by atoms with Gasteiger partial charge in [-0.25, -0.2) is 9.97 Å². The van der Waals surface area contributed by atoms with Crippen molar-refractivity contribution in [3.63, 3.8) is 0 Å². The number of aryl methyl sites for hydroxylation is 1. The summed E-state index contributed by atoms with van der Waals surface area (Å²) in [5.41, 5.74) is 7.72. The smallest absolute Gasteiger partial charge is 0.240 e. The highest BCUT2D eigenvalue weighted by molar-refractivity contribution is 6.31. The Morgan fingerprint density at radius 3 is 2.90 bits per heavy atom. The van der Waals surface area contributed by atoms with Crippen molar-refractivity contribution in [2.45, 2.75) is 32.7 Å². The highest BCUT2D eigenvalue weighted by atomic mass is 35.5. The molecule has 0 bridgehead atoms. The molecule has 2 aromatic rings. The first-order chi connectivity index (χ1) is 14.5. The van der Waals surface area contributed by atoms with Gasteiger partial charge in [-0.2, -0.15) is 5.26 Å². The summed E-state index contributed by atoms with van der Waals surface area (Å²) in [6.45, 7) is 4.57. The van der Waals surface area contributed by atoms with E-state index in [-0.39, 0.29) is 5.91 Å². The van der Waals surface area contributed by atoms with Crippen LogP contribution in [0.5, 0.6) is 0 Å². The molecule has 4 rings (SSSR count). The second-order valence-corrected chi connectivity index (χ2v) is 8.63. The number of rotatable bonds is 6. The number of benzene rings is 1. The zero-order chi connectivity index (χ0) is 21.3. The first kappa shape index (κ1) is 20.6. The van der Waals surface area contributed by atoms with Gasteiger partial charge < -0.3 is 16.0 Å². The van der Waals surface area contributed by atoms with Gasteiger partial charge >= 0.3 is 0 Å². The molecule has 1 atom stereocenters. The van der Waals surface area contributed by atoms with Gasteiger partial charge in [0.25, 0.3) is 0 Å². The maximum Gasteiger partial charge on any atom is 0.240 e. The lowest BCUT2D eigenvalue weighted by Crippen LogP contribution is -2.32. The Bertz CT molecular complexity index is 1010. The number of nitriles is 1. The van der Waals surface area contributed by atoms with E-state index in [0.29, 0.717) is 42.7 Å². The Balaban J connectivity index is 1.62. The summed E-state index contributed by atoms with van der Waals surface area (Å²) in [5.74, 6) is 1.64. The summed E-state index contributed by atoms with van der Waals surface area (Å²) >= 11 is 6.16. The third-order valence-electron chi connectivity index (χ3n) is 6.01. The number of carbonyl (C=O) groups excluding carboxylic acids is 1. The zero-order valence-electron chi connectivity index (χ0n) is 17.0. The zero-order valence-corrected chi connectivity index (χ0v) is 17.7. The molecular weight excluding hydrogens is 400 g/mol. The standard InChI is InChI=1S/C22H25ClN6O/c1-14-8-16(2-3-18(14)23)19-26-10-17(11-27-21(30)22(13-25)5-6-22)20(28-19)29-7-4-15(9-24)12-29/h2-3,8,10,15H,4-7,9,11-12,24H2,1H3,(H,27,30). The molecule has 3 N–H and O–H groups in total. The molecule has 0 radical (unpaired) electrons. The highest BCUT2D eigenvalue weighted by Crippen LogP contribution is 2.45. The fourth-order valence-corrected chi connectivity index (χ4v) is 3.91. The van der Waals surface area contributed by atoms with Gasteiger partial charge in [-0.3, -0.25) is 4.79 Å². The lowest BCUT2D eigenvalue weighted by molar-refractivity contribution is -0.124. The monoisotopic (exact) mass is 424 g/mol. The number of anilines is 1. The van der Waals surface area contributed by atoms with E-state index >= 15 is 0 Å². The summed E-state index contributed by atoms with van der Waals surface area (Å²) in [7, 11) is 0. The maximum absolute atomic E-state index is 12.4. The summed E-state index contributed by atoms with van der Waals surface area (Å²) in [5, 5.41) is 12.9. The number of aromatic nitrogens is 2. The molecule has 1 aromatic carbocycles. The van der Waals surface area contributed by atoms with Crippen LogP contribution in [0.15, 0.2) is 24.4 Å². The minimum atomic E-state index is -0.847. The predicted molar refractivity (Wildman–Crippen MR) is 116 cm³/mol. The number of amides is 1. The van der Waals surface area contributed by atoms with Crippen LogP contribution >= 0.6 is 11.6 Å². The van der Waals surface area contributed by atoms with Crippen molar-refractivity contribution in [3.8, 4) is 17.5 Å². The van der Waals surface area contributed by atoms with Crippen LogP contribution in [0.25, 0.3) is 11.4 Å². The molecule has 2 fully saturated rings. The third-order valence-corrected chi connectivity index (χ3v) is 6.44. The molecule has 156 valence electrons. The molecule has 1 aromatic heterocycles. The third kappa shape index (κ3) is 3.98. The van der Waals surface area contributed by atoms with Gasteiger partial charge in [0.05, 0.1) is 6.07 Å². The van der Waals surface area contributed by atoms with E-state index in [2.05, 4.69) is 21.3 Å². The van der Waals surface area contributed by atoms with Crippen LogP contribution in [-0.4, -0.2) is 35.5 Å². The Morgan fingerprint density at radius 2 is 2.27 bits per heavy atom. The average molecular weight is 425 g/mol. The molecule has 2 aliphatic rings. The van der Waals surface area contributed by atoms with Crippen molar-refractivity contribution in [1.82, 2.24) is 15.3 Å². The van der Waals surface area contributed by atoms with Crippen LogP contribution < -0.4 is 16.0 Å². The first-order valence-corrected chi connectivity index (χ1v) is 10.6. The van der Waals surface area contributed by atoms with Crippen molar-refractivity contribution in [2.75, 3.05) is 24.5 Å². The number of halogens is 1. The molecule has 2 heterocycles. The van der Waals surface area contributed by atoms with Crippen LogP contribution in [0.4, 0.5) is 5.82 Å². The van der Waals surface area contributed by atoms with E-state index in [1.165, 1.54) is 0 Å². The predicted octanol–water partition coefficient (Wildman–Crippen LogP) is 2.81. The van der Waals surface area contributed by atoms with E-state index in [9.17, 15) is 10.1 Å². The topological polar surface area (TPSA) is 108 Å². The molecule has 1 aliphatic carbocycles. The summed E-state index contributed by atoms with van der Waals surface area (Å²) in [4.78, 5) is 24.0. The Labute approximate surface area is 181 Å². The quantitative estimate of drug-likeness (QED) is 0.738. The van der Waals surface area contributed by atoms with Crippen LogP contribution in [0.1, 0.15) is 30.4 Å². The largest absolute Gasteiger partial charge is 0.356 e. The second-order valence-electron chi connectivity index (χ2n) is 8.22. The van der Waals surface area contributed by atoms with Crippen molar-refractivity contribution in [3.05, 3.63) is 40.5 Å². The maximum atomic E-state index is 12.4. The van der Waals surface area contributed by atoms with Gasteiger partial charge in [-0.15, -0.1) is 0 Å². The van der Waals surface area contributed by atoms with Gasteiger partial charge in [-0.1, -0.05) is 11.6 Å². The molecule has 1 unspecified atom stereocenters. The van der Waals surface area contributed by atoms with Gasteiger partial charge in [0.1, 0.15) is 11.2 Å². The lowest BCUT2D eigenvalue weighted by Gasteiger charge is -2.22. The molecule has 1 amide bonds. The van der Waals surface area contributed by atoms with E-state index in [1.54, 1.807) is 6.20 Å². The second kappa shape index (κ2) is 8.21. The van der Waals surface area contributed by atoms with Crippen LogP contribution in [0.3, 0.4) is 0 Å². The number of hydrogen-bond acceptors (Lipinski definition) is 6. The molecule has 1 saturated heterocycles. The minimum Gasteiger partial charge on any atom is -0.356 e. The van der Waals surface area contributed by atoms with Crippen molar-refractivity contribution >= 4 is 23.3 Å². The summed E-state index contributed by atoms with van der Waals surface area (Å²) in [6.07, 6.45) is 4.03. The molecule has 1 aliphatic heterocycles. The molecule has 7 nitrogen and oxygen atoms in total. The number of nitrogens with two attached hydrogens (primary N) is 1. The van der Waals surface area contributed by atoms with E-state index < -0.39 is 5.41 Å². The Hall–Kier alpha value is -2.69. The normalized spacial score (nSPS) is 19.4. The fourth-order valence-electron chi connectivity index (χ4n) is 3.80. The Kier molecular flexibility index (Phi) is 5.63. The van der Waals surface area contributed by atoms with Gasteiger partial charge in [-0.05, 0) is 62.4 Å². The lowest BCUT2D eigenvalue weighted by atomic mass is 10.1. The molecule has 0 spiro atoms. The first-order valence-electron chi connectivity index (χ1n) is 10.2. The minimum absolute atomic E-state index is 0.213. The number of nitrogens with one attached hydrogen (secondary N) is 1. The highest BCUT2D eigenvalue weighted by Gasteiger charge is 2.50. The summed E-state index contributed by atoms with van der Waals surface area (Å²) in [6, 6.07) is 7.86. The summed E-state index contributed by atoms with van der Waals surface area (Å²) < 4.78 is 0. The van der Waals surface area contributed by atoms with E-state index in [0.717, 1.165) is 42.0 Å². The van der Waals surface area contributed by atoms with Gasteiger partial charge in [0.2, 0.25) is 5.91 Å². The number of carbonyl (C=O) groups is 1. The molecule has 8 heteroatoms. The van der Waals surface area contributed by atoms with Crippen LogP contribution in [0.2, 0.25) is 5.02 Å². The average Bonchev–Trinajstić information content (AvgIpc) is 3.43. The Morgan fingerprint density at radius 1 is 1.47 bits per heavy atom. The molecular formula is C22H25ClN6O. The van der Waals surface area contributed by atoms with Crippen molar-refractivity contribution in [1.29, 1.82) is 5.26 Å². The van der Waals surface area contributed by atoms with Crippen molar-refractivity contribution in [2.24, 2.45) is 17.1 Å². The van der Waals surface area contributed by atoms with Crippen molar-refractivity contribution < 1.29 is 4.79 Å². The fraction of sp³-hybridized carbons (Fsp3) is 0.455. The van der Waals surface area contributed by atoms with Gasteiger partial charge in [0, 0.05) is 42.0 Å². The molecule has 30 heavy (non-hydrogen) atoms. The van der Waals surface area contributed by atoms with E-state index in [1.807, 2.05) is 25.1 Å².